The minimum atomic E-state index is -3.88. The standard InChI is InChI=1S/C26H33F2N3O5S2/c1-25(2,3)30-38(35,36)20-7-5-6-18(14-20)24(32)31-16-26(12-10-17(11-13-26)23(27)28)21-15-19(8-9-22(21)31)29-37(4,33)34/h5-9,14-15,17,23,29-30H,10-13,16H2,1-4H3/t17-,26+. The summed E-state index contributed by atoms with van der Waals surface area (Å²) in [5, 5.41) is 0. The van der Waals surface area contributed by atoms with E-state index in [2.05, 4.69) is 9.44 Å². The van der Waals surface area contributed by atoms with Gasteiger partial charge in [0.05, 0.1) is 11.2 Å². The van der Waals surface area contributed by atoms with Gasteiger partial charge in [0.1, 0.15) is 0 Å². The molecule has 1 heterocycles. The van der Waals surface area contributed by atoms with E-state index >= 15 is 0 Å². The number of rotatable bonds is 6. The zero-order valence-corrected chi connectivity index (χ0v) is 23.4. The molecule has 0 radical (unpaired) electrons. The average Bonchev–Trinajstić information content (AvgIpc) is 3.09. The number of nitrogens with one attached hydrogen (secondary N) is 2. The van der Waals surface area contributed by atoms with Crippen LogP contribution >= 0.6 is 0 Å². The lowest BCUT2D eigenvalue weighted by atomic mass is 9.67. The van der Waals surface area contributed by atoms with Gasteiger partial charge in [-0.25, -0.2) is 30.3 Å². The SMILES string of the molecule is CC(C)(C)NS(=O)(=O)c1cccc(C(=O)N2C[C@]3(CC[C@H](C(F)F)CC3)c3cc(NS(C)(=O)=O)ccc32)c1. The number of fused-ring (bicyclic) bond motifs is 2. The van der Waals surface area contributed by atoms with Crippen LogP contribution in [-0.2, 0) is 25.5 Å². The Hall–Kier alpha value is -2.57. The van der Waals surface area contributed by atoms with Gasteiger partial charge in [0.15, 0.2) is 0 Å². The molecule has 8 nitrogen and oxygen atoms in total. The van der Waals surface area contributed by atoms with E-state index in [4.69, 9.17) is 0 Å². The van der Waals surface area contributed by atoms with Crippen molar-refractivity contribution in [3.8, 4) is 0 Å². The molecule has 1 saturated carbocycles. The zero-order valence-electron chi connectivity index (χ0n) is 21.8. The van der Waals surface area contributed by atoms with Gasteiger partial charge in [0.25, 0.3) is 5.91 Å². The number of carbonyl (C=O) groups is 1. The fraction of sp³-hybridized carbons (Fsp3) is 0.500. The summed E-state index contributed by atoms with van der Waals surface area (Å²) in [5.74, 6) is -1.14. The molecule has 0 bridgehead atoms. The second-order valence-electron chi connectivity index (χ2n) is 11.3. The van der Waals surface area contributed by atoms with E-state index in [9.17, 15) is 30.4 Å². The van der Waals surface area contributed by atoms with Crippen molar-refractivity contribution < 1.29 is 30.4 Å². The van der Waals surface area contributed by atoms with Gasteiger partial charge < -0.3 is 4.90 Å². The molecule has 1 aliphatic heterocycles. The quantitative estimate of drug-likeness (QED) is 0.533. The fourth-order valence-corrected chi connectivity index (χ4v) is 7.43. The second kappa shape index (κ2) is 9.87. The van der Waals surface area contributed by atoms with Crippen molar-refractivity contribution in [1.82, 2.24) is 4.72 Å². The van der Waals surface area contributed by atoms with E-state index in [1.165, 1.54) is 24.3 Å². The van der Waals surface area contributed by atoms with Crippen LogP contribution in [0.4, 0.5) is 20.2 Å². The number of carbonyl (C=O) groups excluding carboxylic acids is 1. The summed E-state index contributed by atoms with van der Waals surface area (Å²) in [4.78, 5) is 15.3. The first-order valence-electron chi connectivity index (χ1n) is 12.4. The first kappa shape index (κ1) is 28.4. The third kappa shape index (κ3) is 6.02. The first-order valence-corrected chi connectivity index (χ1v) is 15.7. The zero-order chi connectivity index (χ0) is 28.1. The summed E-state index contributed by atoms with van der Waals surface area (Å²) in [7, 11) is -7.43. The maximum atomic E-state index is 13.8. The first-order chi connectivity index (χ1) is 17.5. The minimum absolute atomic E-state index is 0.0439. The lowest BCUT2D eigenvalue weighted by Crippen LogP contribution is -2.41. The summed E-state index contributed by atoms with van der Waals surface area (Å²) < 4.78 is 81.2. The smallest absolute Gasteiger partial charge is 0.258 e. The highest BCUT2D eigenvalue weighted by Gasteiger charge is 2.48. The van der Waals surface area contributed by atoms with Gasteiger partial charge in [0, 0.05) is 40.4 Å². The third-order valence-electron chi connectivity index (χ3n) is 7.04. The van der Waals surface area contributed by atoms with E-state index in [1.54, 1.807) is 43.9 Å². The second-order valence-corrected chi connectivity index (χ2v) is 14.8. The molecule has 4 rings (SSSR count). The van der Waals surface area contributed by atoms with E-state index in [0.29, 0.717) is 24.2 Å². The third-order valence-corrected chi connectivity index (χ3v) is 9.41. The van der Waals surface area contributed by atoms with Crippen LogP contribution in [-0.4, -0.2) is 47.5 Å². The highest BCUT2D eigenvalue weighted by atomic mass is 32.2. The highest BCUT2D eigenvalue weighted by molar-refractivity contribution is 7.92. The van der Waals surface area contributed by atoms with Gasteiger partial charge in [0.2, 0.25) is 26.5 Å². The van der Waals surface area contributed by atoms with E-state index in [0.717, 1.165) is 11.8 Å². The average molecular weight is 570 g/mol. The molecule has 2 aromatic rings. The molecule has 208 valence electrons. The molecule has 2 N–H and O–H groups in total. The van der Waals surface area contributed by atoms with Crippen molar-refractivity contribution in [3.05, 3.63) is 53.6 Å². The molecule has 2 aromatic carbocycles. The number of hydrogen-bond donors (Lipinski definition) is 2. The summed E-state index contributed by atoms with van der Waals surface area (Å²) >= 11 is 0. The van der Waals surface area contributed by atoms with Crippen molar-refractivity contribution in [3.63, 3.8) is 0 Å². The number of alkyl halides is 2. The lowest BCUT2D eigenvalue weighted by Gasteiger charge is -2.37. The summed E-state index contributed by atoms with van der Waals surface area (Å²) in [6.45, 7) is 5.39. The van der Waals surface area contributed by atoms with Gasteiger partial charge in [-0.1, -0.05) is 6.07 Å². The number of amides is 1. The van der Waals surface area contributed by atoms with Gasteiger partial charge in [-0.05, 0) is 88.4 Å². The Labute approximate surface area is 222 Å². The molecular weight excluding hydrogens is 536 g/mol. The molecule has 1 aliphatic carbocycles. The molecule has 12 heteroatoms. The van der Waals surface area contributed by atoms with Crippen LogP contribution in [0.1, 0.15) is 62.4 Å². The molecule has 1 amide bonds. The molecule has 0 unspecified atom stereocenters. The lowest BCUT2D eigenvalue weighted by molar-refractivity contribution is 0.0423. The van der Waals surface area contributed by atoms with Gasteiger partial charge >= 0.3 is 0 Å². The van der Waals surface area contributed by atoms with Crippen LogP contribution in [0.2, 0.25) is 0 Å². The maximum absolute atomic E-state index is 13.8. The number of nitrogens with zero attached hydrogens (tertiary/aromatic N) is 1. The minimum Gasteiger partial charge on any atom is -0.307 e. The topological polar surface area (TPSA) is 113 Å². The van der Waals surface area contributed by atoms with Crippen LogP contribution in [0.5, 0.6) is 0 Å². The maximum Gasteiger partial charge on any atom is 0.258 e. The fourth-order valence-electron chi connectivity index (χ4n) is 5.41. The Bertz CT molecular complexity index is 1450. The monoisotopic (exact) mass is 569 g/mol. The van der Waals surface area contributed by atoms with E-state index in [1.807, 2.05) is 0 Å². The Morgan fingerprint density at radius 2 is 1.71 bits per heavy atom. The Morgan fingerprint density at radius 1 is 1.05 bits per heavy atom. The predicted octanol–water partition coefficient (Wildman–Crippen LogP) is 4.49. The van der Waals surface area contributed by atoms with Crippen molar-refractivity contribution in [1.29, 1.82) is 0 Å². The molecule has 1 fully saturated rings. The number of anilines is 2. The van der Waals surface area contributed by atoms with Crippen LogP contribution in [0, 0.1) is 5.92 Å². The molecular formula is C26H33F2N3O5S2. The van der Waals surface area contributed by atoms with Crippen molar-refractivity contribution in [2.24, 2.45) is 5.92 Å². The molecule has 2 aliphatic rings. The Balaban J connectivity index is 1.72. The van der Waals surface area contributed by atoms with Crippen LogP contribution < -0.4 is 14.3 Å². The summed E-state index contributed by atoms with van der Waals surface area (Å²) in [5.41, 5.74) is 0.467. The van der Waals surface area contributed by atoms with E-state index < -0.39 is 49.3 Å². The van der Waals surface area contributed by atoms with Crippen molar-refractivity contribution in [2.45, 2.75) is 68.7 Å². The summed E-state index contributed by atoms with van der Waals surface area (Å²) in [6, 6.07) is 10.7. The molecule has 38 heavy (non-hydrogen) atoms. The molecule has 0 atom stereocenters. The van der Waals surface area contributed by atoms with Crippen LogP contribution in [0.15, 0.2) is 47.4 Å². The number of halogens is 2. The van der Waals surface area contributed by atoms with Crippen molar-refractivity contribution >= 4 is 37.3 Å². The largest absolute Gasteiger partial charge is 0.307 e. The van der Waals surface area contributed by atoms with Gasteiger partial charge in [-0.2, -0.15) is 0 Å². The number of hydrogen-bond acceptors (Lipinski definition) is 5. The normalized spacial score (nSPS) is 22.1. The van der Waals surface area contributed by atoms with Crippen LogP contribution in [0.3, 0.4) is 0 Å². The van der Waals surface area contributed by atoms with Crippen molar-refractivity contribution in [2.75, 3.05) is 22.4 Å². The van der Waals surface area contributed by atoms with E-state index in [-0.39, 0.29) is 29.8 Å². The Morgan fingerprint density at radius 3 is 2.29 bits per heavy atom. The molecule has 0 aromatic heterocycles. The highest BCUT2D eigenvalue weighted by Crippen LogP contribution is 2.52. The number of benzene rings is 2. The van der Waals surface area contributed by atoms with Crippen LogP contribution in [0.25, 0.3) is 0 Å². The number of sulfonamides is 2. The molecule has 1 spiro atoms. The predicted molar refractivity (Wildman–Crippen MR) is 143 cm³/mol. The van der Waals surface area contributed by atoms with Gasteiger partial charge in [-0.3, -0.25) is 9.52 Å². The van der Waals surface area contributed by atoms with Gasteiger partial charge in [-0.15, -0.1) is 0 Å². The summed E-state index contributed by atoms with van der Waals surface area (Å²) in [6.07, 6.45) is 0.0331. The Kier molecular flexibility index (Phi) is 7.39. The molecule has 0 saturated heterocycles.